The lowest BCUT2D eigenvalue weighted by Gasteiger charge is -2.11. The third kappa shape index (κ3) is 2.25. The lowest BCUT2D eigenvalue weighted by atomic mass is 10.3. The second kappa shape index (κ2) is 4.91. The van der Waals surface area contributed by atoms with E-state index in [1.807, 2.05) is 42.0 Å². The molecule has 0 amide bonds. The number of methoxy groups -OCH3 is 1. The van der Waals surface area contributed by atoms with Crippen LogP contribution >= 0.6 is 0 Å². The highest BCUT2D eigenvalue weighted by atomic mass is 16.5. The highest BCUT2D eigenvalue weighted by Gasteiger charge is 2.10. The molecule has 0 fully saturated rings. The number of aromatic nitrogens is 2. The second-order valence-corrected chi connectivity index (χ2v) is 3.78. The summed E-state index contributed by atoms with van der Waals surface area (Å²) in [5.74, 6) is 1.68. The van der Waals surface area contributed by atoms with E-state index in [-0.39, 0.29) is 0 Å². The first-order valence-electron chi connectivity index (χ1n) is 5.69. The minimum atomic E-state index is 0.837. The Kier molecular flexibility index (Phi) is 3.32. The molecule has 0 aliphatic rings. The van der Waals surface area contributed by atoms with Crippen molar-refractivity contribution in [1.29, 1.82) is 0 Å². The zero-order chi connectivity index (χ0) is 12.3. The molecule has 0 radical (unpaired) electrons. The molecule has 0 spiro atoms. The minimum Gasteiger partial charge on any atom is -0.495 e. The molecule has 1 N–H and O–H groups in total. The predicted molar refractivity (Wildman–Crippen MR) is 69.0 cm³/mol. The lowest BCUT2D eigenvalue weighted by molar-refractivity contribution is 0.413. The van der Waals surface area contributed by atoms with Crippen molar-refractivity contribution in [2.24, 2.45) is 0 Å². The number of hydrogen-bond donors (Lipinski definition) is 1. The van der Waals surface area contributed by atoms with Gasteiger partial charge in [0.25, 0.3) is 0 Å². The number of imidazole rings is 1. The van der Waals surface area contributed by atoms with E-state index in [9.17, 15) is 0 Å². The van der Waals surface area contributed by atoms with Gasteiger partial charge < -0.3 is 10.1 Å². The predicted octanol–water partition coefficient (Wildman–Crippen LogP) is 2.62. The van der Waals surface area contributed by atoms with Crippen LogP contribution in [0.5, 0.6) is 5.75 Å². The molecular formula is C13H17N3O. The van der Waals surface area contributed by atoms with Gasteiger partial charge in [0.05, 0.1) is 18.5 Å². The van der Waals surface area contributed by atoms with Crippen molar-refractivity contribution in [3.63, 3.8) is 0 Å². The van der Waals surface area contributed by atoms with Crippen LogP contribution in [0.15, 0.2) is 30.5 Å². The Hall–Kier alpha value is -1.97. The number of nitrogens with one attached hydrogen (secondary N) is 1. The number of rotatable bonds is 4. The van der Waals surface area contributed by atoms with Crippen molar-refractivity contribution in [3.05, 3.63) is 36.2 Å². The van der Waals surface area contributed by atoms with Gasteiger partial charge in [0.2, 0.25) is 5.95 Å². The molecule has 2 rings (SSSR count). The van der Waals surface area contributed by atoms with Gasteiger partial charge in [0.1, 0.15) is 5.75 Å². The smallest absolute Gasteiger partial charge is 0.207 e. The molecule has 90 valence electrons. The summed E-state index contributed by atoms with van der Waals surface area (Å²) >= 11 is 0. The van der Waals surface area contributed by atoms with Crippen LogP contribution in [-0.4, -0.2) is 23.2 Å². The van der Waals surface area contributed by atoms with Gasteiger partial charge in [0, 0.05) is 12.7 Å². The molecule has 1 heterocycles. The number of nitrogens with zero attached hydrogens (tertiary/aromatic N) is 2. The van der Waals surface area contributed by atoms with Crippen LogP contribution in [0.1, 0.15) is 12.6 Å². The molecule has 0 saturated heterocycles. The van der Waals surface area contributed by atoms with E-state index in [1.54, 1.807) is 7.11 Å². The van der Waals surface area contributed by atoms with Crippen molar-refractivity contribution in [3.8, 4) is 11.4 Å². The van der Waals surface area contributed by atoms with Crippen LogP contribution in [0.4, 0.5) is 5.95 Å². The zero-order valence-electron chi connectivity index (χ0n) is 10.4. The number of ether oxygens (including phenoxy) is 1. The summed E-state index contributed by atoms with van der Waals surface area (Å²) in [7, 11) is 1.68. The molecular weight excluding hydrogens is 214 g/mol. The van der Waals surface area contributed by atoms with E-state index >= 15 is 0 Å². The van der Waals surface area contributed by atoms with Crippen molar-refractivity contribution >= 4 is 5.95 Å². The number of aryl methyl sites for hydroxylation is 1. The van der Waals surface area contributed by atoms with Crippen LogP contribution in [-0.2, 0) is 0 Å². The summed E-state index contributed by atoms with van der Waals surface area (Å²) in [6, 6.07) is 7.91. The average Bonchev–Trinajstić information content (AvgIpc) is 2.71. The Bertz CT molecular complexity index is 505. The quantitative estimate of drug-likeness (QED) is 0.879. The molecule has 0 unspecified atom stereocenters. The molecule has 0 aliphatic carbocycles. The summed E-state index contributed by atoms with van der Waals surface area (Å²) < 4.78 is 7.38. The fraction of sp³-hybridized carbons (Fsp3) is 0.308. The van der Waals surface area contributed by atoms with Gasteiger partial charge in [0.15, 0.2) is 0 Å². The van der Waals surface area contributed by atoms with Gasteiger partial charge in [-0.15, -0.1) is 0 Å². The van der Waals surface area contributed by atoms with Crippen LogP contribution < -0.4 is 10.1 Å². The Morgan fingerprint density at radius 1 is 1.35 bits per heavy atom. The van der Waals surface area contributed by atoms with Crippen molar-refractivity contribution in [2.45, 2.75) is 13.8 Å². The fourth-order valence-electron chi connectivity index (χ4n) is 1.79. The molecule has 1 aromatic heterocycles. The summed E-state index contributed by atoms with van der Waals surface area (Å²) in [6.07, 6.45) is 2.00. The molecule has 4 heteroatoms. The first kappa shape index (κ1) is 11.5. The molecule has 4 nitrogen and oxygen atoms in total. The maximum absolute atomic E-state index is 5.37. The van der Waals surface area contributed by atoms with Crippen LogP contribution in [0, 0.1) is 6.92 Å². The SMILES string of the molecule is CCNc1nc(C)cn1-c1ccccc1OC. The fourth-order valence-corrected chi connectivity index (χ4v) is 1.79. The van der Waals surface area contributed by atoms with E-state index < -0.39 is 0 Å². The monoisotopic (exact) mass is 231 g/mol. The second-order valence-electron chi connectivity index (χ2n) is 3.78. The molecule has 1 aromatic carbocycles. The van der Waals surface area contributed by atoms with Gasteiger partial charge in [-0.3, -0.25) is 4.57 Å². The van der Waals surface area contributed by atoms with Crippen LogP contribution in [0.2, 0.25) is 0 Å². The van der Waals surface area contributed by atoms with Crippen molar-refractivity contribution < 1.29 is 4.74 Å². The number of para-hydroxylation sites is 2. The average molecular weight is 231 g/mol. The maximum atomic E-state index is 5.37. The van der Waals surface area contributed by atoms with Crippen LogP contribution in [0.25, 0.3) is 5.69 Å². The van der Waals surface area contributed by atoms with Gasteiger partial charge in [-0.2, -0.15) is 0 Å². The largest absolute Gasteiger partial charge is 0.495 e. The molecule has 0 bridgehead atoms. The van der Waals surface area contributed by atoms with Gasteiger partial charge in [-0.25, -0.2) is 4.98 Å². The van der Waals surface area contributed by atoms with Crippen molar-refractivity contribution in [2.75, 3.05) is 19.0 Å². The Balaban J connectivity index is 2.51. The molecule has 0 aliphatic heterocycles. The molecule has 2 aromatic rings. The summed E-state index contributed by atoms with van der Waals surface area (Å²) in [5, 5.41) is 3.24. The van der Waals surface area contributed by atoms with Crippen molar-refractivity contribution in [1.82, 2.24) is 9.55 Å². The molecule has 0 saturated carbocycles. The Labute approximate surface area is 101 Å². The van der Waals surface area contributed by atoms with E-state index in [4.69, 9.17) is 4.74 Å². The van der Waals surface area contributed by atoms with Gasteiger partial charge in [-0.05, 0) is 26.0 Å². The van der Waals surface area contributed by atoms with Crippen LogP contribution in [0.3, 0.4) is 0 Å². The van der Waals surface area contributed by atoms with E-state index in [0.29, 0.717) is 0 Å². The standard InChI is InChI=1S/C13H17N3O/c1-4-14-13-15-10(2)9-16(13)11-7-5-6-8-12(11)17-3/h5-9H,4H2,1-3H3,(H,14,15). The lowest BCUT2D eigenvalue weighted by Crippen LogP contribution is -2.05. The molecule has 17 heavy (non-hydrogen) atoms. The summed E-state index contributed by atoms with van der Waals surface area (Å²) in [5.41, 5.74) is 1.97. The topological polar surface area (TPSA) is 39.1 Å². The maximum Gasteiger partial charge on any atom is 0.207 e. The summed E-state index contributed by atoms with van der Waals surface area (Å²) in [6.45, 7) is 4.87. The Morgan fingerprint density at radius 2 is 2.12 bits per heavy atom. The highest BCUT2D eigenvalue weighted by Crippen LogP contribution is 2.25. The zero-order valence-corrected chi connectivity index (χ0v) is 10.4. The van der Waals surface area contributed by atoms with E-state index in [1.165, 1.54) is 0 Å². The van der Waals surface area contributed by atoms with Gasteiger partial charge >= 0.3 is 0 Å². The third-order valence-electron chi connectivity index (χ3n) is 2.51. The number of benzene rings is 1. The minimum absolute atomic E-state index is 0.837. The van der Waals surface area contributed by atoms with E-state index in [2.05, 4.69) is 17.2 Å². The first-order chi connectivity index (χ1) is 8.26. The molecule has 0 atom stereocenters. The Morgan fingerprint density at radius 3 is 2.82 bits per heavy atom. The number of anilines is 1. The first-order valence-corrected chi connectivity index (χ1v) is 5.69. The highest BCUT2D eigenvalue weighted by molar-refractivity contribution is 5.51. The van der Waals surface area contributed by atoms with Gasteiger partial charge in [-0.1, -0.05) is 12.1 Å². The third-order valence-corrected chi connectivity index (χ3v) is 2.51. The van der Waals surface area contributed by atoms with E-state index in [0.717, 1.165) is 29.6 Å². The number of hydrogen-bond acceptors (Lipinski definition) is 3. The normalized spacial score (nSPS) is 10.3. The summed E-state index contributed by atoms with van der Waals surface area (Å²) in [4.78, 5) is 4.45.